The summed E-state index contributed by atoms with van der Waals surface area (Å²) in [4.78, 5) is 18.2. The lowest BCUT2D eigenvalue weighted by atomic mass is 9.73. The summed E-state index contributed by atoms with van der Waals surface area (Å²) in [6.07, 6.45) is 1.61. The molecule has 1 aromatic rings. The lowest BCUT2D eigenvalue weighted by molar-refractivity contribution is -0.146. The first-order valence-electron chi connectivity index (χ1n) is 13.5. The fraction of sp³-hybridized carbons (Fsp3) is 0.750. The molecule has 4 aliphatic rings. The van der Waals surface area contributed by atoms with Crippen molar-refractivity contribution in [3.05, 3.63) is 29.8 Å². The summed E-state index contributed by atoms with van der Waals surface area (Å²) >= 11 is 0. The van der Waals surface area contributed by atoms with E-state index in [0.29, 0.717) is 37.2 Å². The maximum Gasteiger partial charge on any atom is 0.416 e. The summed E-state index contributed by atoms with van der Waals surface area (Å²) in [5, 5.41) is 0. The van der Waals surface area contributed by atoms with E-state index in [-0.39, 0.29) is 35.4 Å². The third-order valence-electron chi connectivity index (χ3n) is 9.57. The van der Waals surface area contributed by atoms with E-state index in [1.807, 2.05) is 0 Å². The van der Waals surface area contributed by atoms with Crippen molar-refractivity contribution < 1.29 is 27.4 Å². The number of benzene rings is 1. The van der Waals surface area contributed by atoms with Crippen LogP contribution in [0.5, 0.6) is 0 Å². The molecule has 1 amide bonds. The largest absolute Gasteiger partial charge is 0.416 e. The number of halogens is 3. The second kappa shape index (κ2) is 9.82. The fourth-order valence-corrected chi connectivity index (χ4v) is 7.44. The predicted molar refractivity (Wildman–Crippen MR) is 132 cm³/mol. The summed E-state index contributed by atoms with van der Waals surface area (Å²) < 4.78 is 51.0. The molecule has 5 rings (SSSR count). The molecule has 4 fully saturated rings. The van der Waals surface area contributed by atoms with E-state index < -0.39 is 11.7 Å². The number of ether oxygens (including phenoxy) is 2. The number of methoxy groups -OCH3 is 1. The first kappa shape index (κ1) is 25.8. The van der Waals surface area contributed by atoms with Gasteiger partial charge in [-0.05, 0) is 74.5 Å². The molecule has 5 nitrogen and oxygen atoms in total. The number of nitrogens with zero attached hydrogens (tertiary/aromatic N) is 2. The quantitative estimate of drug-likeness (QED) is 0.518. The molecular weight excluding hydrogens is 469 g/mol. The maximum absolute atomic E-state index is 14.1. The minimum absolute atomic E-state index is 0.0695. The highest BCUT2D eigenvalue weighted by molar-refractivity contribution is 5.84. The minimum atomic E-state index is -4.35. The van der Waals surface area contributed by atoms with Crippen molar-refractivity contribution in [2.75, 3.05) is 38.3 Å². The Morgan fingerprint density at radius 1 is 1.22 bits per heavy atom. The van der Waals surface area contributed by atoms with Crippen LogP contribution in [-0.4, -0.2) is 62.4 Å². The van der Waals surface area contributed by atoms with Crippen molar-refractivity contribution in [1.82, 2.24) is 4.90 Å². The zero-order valence-electron chi connectivity index (χ0n) is 21.6. The summed E-state index contributed by atoms with van der Waals surface area (Å²) in [5.41, 5.74) is -0.357. The Hall–Kier alpha value is -1.80. The number of piperazine rings is 1. The molecule has 3 heterocycles. The average Bonchev–Trinajstić information content (AvgIpc) is 3.58. The lowest BCUT2D eigenvalue weighted by Crippen LogP contribution is -2.54. The number of hydrogen-bond donors (Lipinski definition) is 0. The summed E-state index contributed by atoms with van der Waals surface area (Å²) in [6.45, 7) is 7.00. The van der Waals surface area contributed by atoms with Crippen molar-refractivity contribution in [2.45, 2.75) is 76.7 Å². The molecule has 6 atom stereocenters. The SMILES string of the molecule is CO[C@@H]1COCC[C@@H]1C[C@@H]1CC[C@@](C(=O)N2C[C@H]3C[C@@H]2CN3c2cccc(C(F)(F)F)c2)(C(C)C)C1. The molecule has 2 bridgehead atoms. The van der Waals surface area contributed by atoms with Crippen LogP contribution in [0.15, 0.2) is 24.3 Å². The Bertz CT molecular complexity index is 954. The van der Waals surface area contributed by atoms with Crippen LogP contribution in [0.3, 0.4) is 0 Å². The van der Waals surface area contributed by atoms with E-state index in [1.54, 1.807) is 13.2 Å². The van der Waals surface area contributed by atoms with Crippen LogP contribution >= 0.6 is 0 Å². The lowest BCUT2D eigenvalue weighted by Gasteiger charge is -2.42. The second-order valence-corrected chi connectivity index (χ2v) is 11.8. The molecule has 0 unspecified atom stereocenters. The molecule has 1 aromatic carbocycles. The number of rotatable bonds is 6. The van der Waals surface area contributed by atoms with Gasteiger partial charge in [-0.15, -0.1) is 0 Å². The van der Waals surface area contributed by atoms with Gasteiger partial charge in [-0.1, -0.05) is 19.9 Å². The summed E-state index contributed by atoms with van der Waals surface area (Å²) in [5.74, 6) is 1.52. The smallest absolute Gasteiger partial charge is 0.379 e. The van der Waals surface area contributed by atoms with Crippen molar-refractivity contribution >= 4 is 11.6 Å². The molecule has 3 saturated heterocycles. The number of anilines is 1. The van der Waals surface area contributed by atoms with Gasteiger partial charge in [0.2, 0.25) is 5.91 Å². The Morgan fingerprint density at radius 2 is 2.03 bits per heavy atom. The normalized spacial score (nSPS) is 34.7. The number of carbonyl (C=O) groups excluding carboxylic acids is 1. The van der Waals surface area contributed by atoms with E-state index in [0.717, 1.165) is 51.2 Å². The molecular formula is C28H39F3N2O3. The van der Waals surface area contributed by atoms with Gasteiger partial charge in [0.25, 0.3) is 0 Å². The summed E-state index contributed by atoms with van der Waals surface area (Å²) in [7, 11) is 1.76. The van der Waals surface area contributed by atoms with E-state index in [1.165, 1.54) is 12.1 Å². The highest BCUT2D eigenvalue weighted by Crippen LogP contribution is 2.52. The van der Waals surface area contributed by atoms with Crippen molar-refractivity contribution in [3.63, 3.8) is 0 Å². The third kappa shape index (κ3) is 4.64. The number of hydrogen-bond acceptors (Lipinski definition) is 4. The monoisotopic (exact) mass is 508 g/mol. The fourth-order valence-electron chi connectivity index (χ4n) is 7.44. The molecule has 0 N–H and O–H groups in total. The van der Waals surface area contributed by atoms with Crippen LogP contribution in [0, 0.1) is 23.2 Å². The first-order chi connectivity index (χ1) is 17.1. The van der Waals surface area contributed by atoms with Crippen molar-refractivity contribution in [3.8, 4) is 0 Å². The Balaban J connectivity index is 1.26. The standard InChI is InChI=1S/C28H39F3N2O3/c1-18(2)27(9-7-19(14-27)11-20-8-10-36-17-25(20)35-3)26(34)33-16-23-13-24(33)15-32(23)22-6-4-5-21(12-22)28(29,30)31/h4-6,12,18-20,23-25H,7-11,13-17H2,1-3H3/t19-,20+,23+,24+,25+,27-/m0/s1. The number of fused-ring (bicyclic) bond motifs is 2. The number of carbonyl (C=O) groups is 1. The number of amides is 1. The molecule has 3 aliphatic heterocycles. The maximum atomic E-state index is 14.1. The van der Waals surface area contributed by atoms with Gasteiger partial charge >= 0.3 is 6.18 Å². The molecule has 0 radical (unpaired) electrons. The highest BCUT2D eigenvalue weighted by Gasteiger charge is 2.54. The Labute approximate surface area is 212 Å². The van der Waals surface area contributed by atoms with Gasteiger partial charge < -0.3 is 19.3 Å². The molecule has 8 heteroatoms. The van der Waals surface area contributed by atoms with Crippen molar-refractivity contribution in [1.29, 1.82) is 0 Å². The van der Waals surface area contributed by atoms with Gasteiger partial charge in [0, 0.05) is 38.5 Å². The van der Waals surface area contributed by atoms with Gasteiger partial charge in [-0.25, -0.2) is 0 Å². The predicted octanol–water partition coefficient (Wildman–Crippen LogP) is 5.38. The van der Waals surface area contributed by atoms with E-state index >= 15 is 0 Å². The van der Waals surface area contributed by atoms with Gasteiger partial charge in [0.1, 0.15) is 0 Å². The topological polar surface area (TPSA) is 42.0 Å². The molecule has 36 heavy (non-hydrogen) atoms. The van der Waals surface area contributed by atoms with Crippen LogP contribution in [-0.2, 0) is 20.4 Å². The van der Waals surface area contributed by atoms with Gasteiger partial charge in [-0.2, -0.15) is 13.2 Å². The average molecular weight is 509 g/mol. The van der Waals surface area contributed by atoms with Crippen LogP contribution < -0.4 is 4.90 Å². The van der Waals surface area contributed by atoms with Gasteiger partial charge in [0.05, 0.1) is 29.7 Å². The molecule has 1 saturated carbocycles. The number of alkyl halides is 3. The Morgan fingerprint density at radius 3 is 2.69 bits per heavy atom. The van der Waals surface area contributed by atoms with Gasteiger partial charge in [-0.3, -0.25) is 4.79 Å². The van der Waals surface area contributed by atoms with Crippen LogP contribution in [0.1, 0.15) is 57.9 Å². The van der Waals surface area contributed by atoms with E-state index in [4.69, 9.17) is 9.47 Å². The third-order valence-corrected chi connectivity index (χ3v) is 9.57. The molecule has 1 aliphatic carbocycles. The highest BCUT2D eigenvalue weighted by atomic mass is 19.4. The zero-order valence-corrected chi connectivity index (χ0v) is 21.6. The van der Waals surface area contributed by atoms with E-state index in [9.17, 15) is 18.0 Å². The van der Waals surface area contributed by atoms with Crippen LogP contribution in [0.25, 0.3) is 0 Å². The van der Waals surface area contributed by atoms with Crippen LogP contribution in [0.2, 0.25) is 0 Å². The molecule has 0 spiro atoms. The second-order valence-electron chi connectivity index (χ2n) is 11.8. The van der Waals surface area contributed by atoms with Gasteiger partial charge in [0.15, 0.2) is 0 Å². The molecule has 0 aromatic heterocycles. The van der Waals surface area contributed by atoms with Crippen LogP contribution in [0.4, 0.5) is 18.9 Å². The Kier molecular flexibility index (Phi) is 7.05. The first-order valence-corrected chi connectivity index (χ1v) is 13.5. The number of likely N-dealkylation sites (tertiary alicyclic amines) is 1. The zero-order chi connectivity index (χ0) is 25.7. The van der Waals surface area contributed by atoms with Crippen molar-refractivity contribution in [2.24, 2.45) is 23.2 Å². The van der Waals surface area contributed by atoms with E-state index in [2.05, 4.69) is 23.6 Å². The summed E-state index contributed by atoms with van der Waals surface area (Å²) in [6, 6.07) is 5.74. The minimum Gasteiger partial charge on any atom is -0.379 e. The molecule has 200 valence electrons.